The molecule has 0 radical (unpaired) electrons. The van der Waals surface area contributed by atoms with Crippen molar-refractivity contribution in [1.29, 1.82) is 0 Å². The lowest BCUT2D eigenvalue weighted by molar-refractivity contribution is -0.148. The molecule has 0 aromatic heterocycles. The number of nitrogens with zero attached hydrogens (tertiary/aromatic N) is 1. The SMILES string of the molecule is CCCCC(=O)O[C@H]1C=C[C@@]23CCN(C)c4ccc(OC)c(c42)O[C@H]3C1. The van der Waals surface area contributed by atoms with Crippen molar-refractivity contribution in [2.24, 2.45) is 0 Å². The summed E-state index contributed by atoms with van der Waals surface area (Å²) in [6, 6.07) is 4.10. The molecular weight excluding hydrogens is 330 g/mol. The van der Waals surface area contributed by atoms with Gasteiger partial charge in [-0.15, -0.1) is 0 Å². The minimum Gasteiger partial charge on any atom is -0.493 e. The highest BCUT2D eigenvalue weighted by molar-refractivity contribution is 5.73. The summed E-state index contributed by atoms with van der Waals surface area (Å²) in [5.41, 5.74) is 2.29. The van der Waals surface area contributed by atoms with Crippen LogP contribution < -0.4 is 14.4 Å². The highest BCUT2D eigenvalue weighted by Crippen LogP contribution is 2.58. The number of unbranched alkanes of at least 4 members (excludes halogenated alkanes) is 1. The first-order valence-electron chi connectivity index (χ1n) is 9.57. The summed E-state index contributed by atoms with van der Waals surface area (Å²) >= 11 is 0. The summed E-state index contributed by atoms with van der Waals surface area (Å²) in [6.07, 6.45) is 8.10. The molecule has 2 aliphatic heterocycles. The summed E-state index contributed by atoms with van der Waals surface area (Å²) in [4.78, 5) is 14.3. The Balaban J connectivity index is 1.64. The molecule has 140 valence electrons. The maximum absolute atomic E-state index is 12.0. The van der Waals surface area contributed by atoms with E-state index in [0.717, 1.165) is 37.3 Å². The first kappa shape index (κ1) is 17.3. The molecule has 5 heteroatoms. The van der Waals surface area contributed by atoms with Crippen molar-refractivity contribution < 1.29 is 19.0 Å². The Morgan fingerprint density at radius 2 is 2.27 bits per heavy atom. The zero-order chi connectivity index (χ0) is 18.3. The summed E-state index contributed by atoms with van der Waals surface area (Å²) in [5.74, 6) is 1.51. The van der Waals surface area contributed by atoms with Crippen molar-refractivity contribution in [2.45, 2.75) is 56.7 Å². The van der Waals surface area contributed by atoms with Crippen LogP contribution in [0.2, 0.25) is 0 Å². The van der Waals surface area contributed by atoms with Gasteiger partial charge in [0.2, 0.25) is 0 Å². The van der Waals surface area contributed by atoms with Gasteiger partial charge in [0.05, 0.1) is 12.5 Å². The fraction of sp³-hybridized carbons (Fsp3) is 0.571. The number of esters is 1. The molecule has 2 heterocycles. The summed E-state index contributed by atoms with van der Waals surface area (Å²) in [6.45, 7) is 3.05. The first-order chi connectivity index (χ1) is 12.6. The van der Waals surface area contributed by atoms with Gasteiger partial charge in [0.1, 0.15) is 12.2 Å². The van der Waals surface area contributed by atoms with Gasteiger partial charge < -0.3 is 19.1 Å². The van der Waals surface area contributed by atoms with Gasteiger partial charge in [0.25, 0.3) is 0 Å². The normalized spacial score (nSPS) is 28.2. The average molecular weight is 357 g/mol. The van der Waals surface area contributed by atoms with Crippen molar-refractivity contribution in [1.82, 2.24) is 0 Å². The highest BCUT2D eigenvalue weighted by atomic mass is 16.6. The van der Waals surface area contributed by atoms with Crippen molar-refractivity contribution in [3.63, 3.8) is 0 Å². The van der Waals surface area contributed by atoms with Crippen LogP contribution in [0, 0.1) is 0 Å². The van der Waals surface area contributed by atoms with E-state index in [4.69, 9.17) is 14.2 Å². The Morgan fingerprint density at radius 3 is 3.04 bits per heavy atom. The number of ether oxygens (including phenoxy) is 3. The van der Waals surface area contributed by atoms with E-state index in [-0.39, 0.29) is 23.6 Å². The molecule has 0 amide bonds. The van der Waals surface area contributed by atoms with E-state index in [0.29, 0.717) is 12.8 Å². The fourth-order valence-corrected chi connectivity index (χ4v) is 4.50. The molecule has 0 bridgehead atoms. The van der Waals surface area contributed by atoms with Crippen LogP contribution in [-0.4, -0.2) is 38.9 Å². The number of anilines is 1. The van der Waals surface area contributed by atoms with Gasteiger partial charge in [-0.2, -0.15) is 0 Å². The van der Waals surface area contributed by atoms with Gasteiger partial charge >= 0.3 is 5.97 Å². The number of carbonyl (C=O) groups excluding carboxylic acids is 1. The summed E-state index contributed by atoms with van der Waals surface area (Å²) in [5, 5.41) is 0. The molecule has 1 aromatic carbocycles. The van der Waals surface area contributed by atoms with Crippen LogP contribution in [0.1, 0.15) is 44.6 Å². The number of rotatable bonds is 5. The van der Waals surface area contributed by atoms with E-state index in [1.165, 1.54) is 11.3 Å². The first-order valence-corrected chi connectivity index (χ1v) is 9.57. The van der Waals surface area contributed by atoms with Gasteiger partial charge in [-0.1, -0.05) is 19.4 Å². The minimum absolute atomic E-state index is 0.0183. The Bertz CT molecular complexity index is 744. The number of methoxy groups -OCH3 is 1. The van der Waals surface area contributed by atoms with Crippen LogP contribution in [0.25, 0.3) is 0 Å². The van der Waals surface area contributed by atoms with E-state index in [1.54, 1.807) is 7.11 Å². The van der Waals surface area contributed by atoms with Crippen LogP contribution in [0.3, 0.4) is 0 Å². The predicted molar refractivity (Wildman–Crippen MR) is 100 cm³/mol. The second kappa shape index (κ2) is 6.53. The lowest BCUT2D eigenvalue weighted by Gasteiger charge is -2.42. The third-order valence-electron chi connectivity index (χ3n) is 5.96. The molecule has 0 saturated carbocycles. The van der Waals surface area contributed by atoms with Crippen LogP contribution in [-0.2, 0) is 14.9 Å². The van der Waals surface area contributed by atoms with E-state index in [9.17, 15) is 4.79 Å². The van der Waals surface area contributed by atoms with Crippen molar-refractivity contribution in [3.8, 4) is 11.5 Å². The second-order valence-corrected chi connectivity index (χ2v) is 7.54. The van der Waals surface area contributed by atoms with E-state index in [1.807, 2.05) is 6.07 Å². The summed E-state index contributed by atoms with van der Waals surface area (Å²) < 4.78 is 17.6. The van der Waals surface area contributed by atoms with Crippen molar-refractivity contribution in [3.05, 3.63) is 29.8 Å². The van der Waals surface area contributed by atoms with E-state index in [2.05, 4.69) is 37.1 Å². The van der Waals surface area contributed by atoms with Crippen molar-refractivity contribution in [2.75, 3.05) is 25.6 Å². The molecule has 4 rings (SSSR count). The van der Waals surface area contributed by atoms with E-state index < -0.39 is 0 Å². The minimum atomic E-state index is -0.210. The summed E-state index contributed by atoms with van der Waals surface area (Å²) in [7, 11) is 3.80. The Morgan fingerprint density at radius 1 is 1.42 bits per heavy atom. The van der Waals surface area contributed by atoms with Gasteiger partial charge in [-0.25, -0.2) is 0 Å². The quantitative estimate of drug-likeness (QED) is 0.595. The predicted octanol–water partition coefficient (Wildman–Crippen LogP) is 3.60. The Labute approximate surface area is 154 Å². The Kier molecular flexibility index (Phi) is 4.33. The molecule has 0 unspecified atom stereocenters. The molecule has 5 nitrogen and oxygen atoms in total. The molecule has 3 aliphatic rings. The van der Waals surface area contributed by atoms with E-state index >= 15 is 0 Å². The number of hydrogen-bond donors (Lipinski definition) is 0. The van der Waals surface area contributed by atoms with Crippen LogP contribution in [0.4, 0.5) is 5.69 Å². The monoisotopic (exact) mass is 357 g/mol. The average Bonchev–Trinajstić information content (AvgIpc) is 2.99. The third-order valence-corrected chi connectivity index (χ3v) is 5.96. The lowest BCUT2D eigenvalue weighted by Crippen LogP contribution is -2.47. The second-order valence-electron chi connectivity index (χ2n) is 7.54. The highest BCUT2D eigenvalue weighted by Gasteiger charge is 2.54. The zero-order valence-corrected chi connectivity index (χ0v) is 15.8. The van der Waals surface area contributed by atoms with Crippen LogP contribution in [0.5, 0.6) is 11.5 Å². The van der Waals surface area contributed by atoms with Gasteiger partial charge in [-0.3, -0.25) is 4.79 Å². The molecule has 0 saturated heterocycles. The molecule has 1 aliphatic carbocycles. The maximum atomic E-state index is 12.0. The smallest absolute Gasteiger partial charge is 0.306 e. The lowest BCUT2D eigenvalue weighted by atomic mass is 9.67. The molecule has 3 atom stereocenters. The standard InChI is InChI=1S/C21H27NO4/c1-4-5-6-18(23)25-14-9-10-21-11-12-22(2)15-7-8-16(24-3)20(19(15)21)26-17(21)13-14/h7-10,14,17H,4-6,11-13H2,1-3H3/t14-,17-,21-/m0/s1. The Hall–Kier alpha value is -2.17. The molecular formula is C21H27NO4. The van der Waals surface area contributed by atoms with Gasteiger partial charge in [0.15, 0.2) is 11.5 Å². The van der Waals surface area contributed by atoms with Gasteiger partial charge in [-0.05, 0) is 31.1 Å². The number of benzene rings is 1. The molecule has 0 N–H and O–H groups in total. The maximum Gasteiger partial charge on any atom is 0.306 e. The number of hydrogen-bond acceptors (Lipinski definition) is 5. The van der Waals surface area contributed by atoms with Crippen LogP contribution in [0.15, 0.2) is 24.3 Å². The number of carbonyl (C=O) groups is 1. The van der Waals surface area contributed by atoms with Crippen molar-refractivity contribution >= 4 is 11.7 Å². The molecule has 0 fully saturated rings. The molecule has 26 heavy (non-hydrogen) atoms. The largest absolute Gasteiger partial charge is 0.493 e. The zero-order valence-electron chi connectivity index (χ0n) is 15.8. The molecule has 1 aromatic rings. The van der Waals surface area contributed by atoms with Crippen LogP contribution >= 0.6 is 0 Å². The third kappa shape index (κ3) is 2.56. The van der Waals surface area contributed by atoms with Gasteiger partial charge in [0, 0.05) is 37.7 Å². The molecule has 1 spiro atoms. The fourth-order valence-electron chi connectivity index (χ4n) is 4.50. The topological polar surface area (TPSA) is 48.0 Å².